The number of carbonyl (C=O) groups is 2. The number of nitrogens with zero attached hydrogens (tertiary/aromatic N) is 1. The maximum Gasteiger partial charge on any atom is 0.426 e. The fraction of sp³-hybridized carbons (Fsp3) is 0.385. The van der Waals surface area contributed by atoms with Crippen LogP contribution >= 0.6 is 0 Å². The lowest BCUT2D eigenvalue weighted by Gasteiger charge is -2.19. The molecule has 0 aliphatic heterocycles. The standard InChI is InChI=1S/C13H17N3O5/c1-13(2,3)21-12(18)15-14-11(17)8-9-5-4-6-10(7-9)16(19)20/h4-7H,8H2,1-3H3,(H,14,17)(H,15,18). The van der Waals surface area contributed by atoms with Gasteiger partial charge in [-0.05, 0) is 26.3 Å². The Balaban J connectivity index is 2.49. The number of hydrogen-bond donors (Lipinski definition) is 2. The quantitative estimate of drug-likeness (QED) is 0.651. The summed E-state index contributed by atoms with van der Waals surface area (Å²) < 4.78 is 4.93. The molecule has 1 aromatic carbocycles. The third kappa shape index (κ3) is 6.37. The van der Waals surface area contributed by atoms with Gasteiger partial charge >= 0.3 is 6.09 Å². The molecular weight excluding hydrogens is 278 g/mol. The van der Waals surface area contributed by atoms with Crippen molar-refractivity contribution in [3.63, 3.8) is 0 Å². The lowest BCUT2D eigenvalue weighted by molar-refractivity contribution is -0.384. The molecule has 8 heteroatoms. The van der Waals surface area contributed by atoms with E-state index < -0.39 is 22.5 Å². The number of nitro benzene ring substituents is 1. The maximum atomic E-state index is 11.6. The van der Waals surface area contributed by atoms with Gasteiger partial charge in [-0.25, -0.2) is 10.2 Å². The van der Waals surface area contributed by atoms with Crippen LogP contribution in [-0.2, 0) is 16.0 Å². The third-order valence-electron chi connectivity index (χ3n) is 2.19. The Bertz CT molecular complexity index is 551. The van der Waals surface area contributed by atoms with Gasteiger partial charge < -0.3 is 4.74 Å². The van der Waals surface area contributed by atoms with Crippen LogP contribution in [0, 0.1) is 10.1 Å². The zero-order valence-electron chi connectivity index (χ0n) is 12.0. The van der Waals surface area contributed by atoms with E-state index in [1.165, 1.54) is 18.2 Å². The highest BCUT2D eigenvalue weighted by Crippen LogP contribution is 2.13. The van der Waals surface area contributed by atoms with Crippen LogP contribution in [0.4, 0.5) is 10.5 Å². The molecule has 0 bridgehead atoms. The van der Waals surface area contributed by atoms with Crippen molar-refractivity contribution in [2.75, 3.05) is 0 Å². The molecule has 0 fully saturated rings. The predicted molar refractivity (Wildman–Crippen MR) is 74.3 cm³/mol. The summed E-state index contributed by atoms with van der Waals surface area (Å²) in [4.78, 5) is 33.0. The molecule has 0 spiro atoms. The van der Waals surface area contributed by atoms with Crippen molar-refractivity contribution in [1.29, 1.82) is 0 Å². The number of benzene rings is 1. The van der Waals surface area contributed by atoms with E-state index in [2.05, 4.69) is 10.9 Å². The number of hydrogen-bond acceptors (Lipinski definition) is 5. The second-order valence-electron chi connectivity index (χ2n) is 5.28. The lowest BCUT2D eigenvalue weighted by atomic mass is 10.1. The number of non-ortho nitro benzene ring substituents is 1. The Morgan fingerprint density at radius 2 is 1.95 bits per heavy atom. The van der Waals surface area contributed by atoms with Crippen molar-refractivity contribution in [2.45, 2.75) is 32.8 Å². The van der Waals surface area contributed by atoms with Gasteiger partial charge in [0, 0.05) is 12.1 Å². The minimum absolute atomic E-state index is 0.0969. The van der Waals surface area contributed by atoms with E-state index >= 15 is 0 Å². The highest BCUT2D eigenvalue weighted by molar-refractivity contribution is 5.81. The topological polar surface area (TPSA) is 111 Å². The molecule has 0 aliphatic rings. The number of amides is 2. The summed E-state index contributed by atoms with van der Waals surface area (Å²) in [5.74, 6) is -0.513. The summed E-state index contributed by atoms with van der Waals surface area (Å²) in [7, 11) is 0. The molecular formula is C13H17N3O5. The Hall–Kier alpha value is -2.64. The van der Waals surface area contributed by atoms with E-state index in [4.69, 9.17) is 4.74 Å². The molecule has 0 saturated heterocycles. The third-order valence-corrected chi connectivity index (χ3v) is 2.19. The number of carbonyl (C=O) groups excluding carboxylic acids is 2. The van der Waals surface area contributed by atoms with Gasteiger partial charge in [-0.2, -0.15) is 0 Å². The summed E-state index contributed by atoms with van der Waals surface area (Å²) in [6.45, 7) is 5.08. The fourth-order valence-corrected chi connectivity index (χ4v) is 1.43. The van der Waals surface area contributed by atoms with Crippen LogP contribution < -0.4 is 10.9 Å². The van der Waals surface area contributed by atoms with E-state index in [0.717, 1.165) is 0 Å². The van der Waals surface area contributed by atoms with Gasteiger partial charge in [0.1, 0.15) is 5.60 Å². The Labute approximate surface area is 121 Å². The van der Waals surface area contributed by atoms with E-state index in [-0.39, 0.29) is 12.1 Å². The minimum atomic E-state index is -0.783. The largest absolute Gasteiger partial charge is 0.443 e. The van der Waals surface area contributed by atoms with E-state index in [1.54, 1.807) is 26.8 Å². The van der Waals surface area contributed by atoms with E-state index in [0.29, 0.717) is 5.56 Å². The number of ether oxygens (including phenoxy) is 1. The van der Waals surface area contributed by atoms with Gasteiger partial charge in [-0.15, -0.1) is 0 Å². The summed E-state index contributed by atoms with van der Waals surface area (Å²) in [5, 5.41) is 10.6. The van der Waals surface area contributed by atoms with E-state index in [9.17, 15) is 19.7 Å². The minimum Gasteiger partial charge on any atom is -0.443 e. The molecule has 0 unspecified atom stereocenters. The molecule has 1 rings (SSSR count). The molecule has 1 aromatic rings. The van der Waals surface area contributed by atoms with Crippen molar-refractivity contribution in [3.05, 3.63) is 39.9 Å². The first-order chi connectivity index (χ1) is 9.67. The summed E-state index contributed by atoms with van der Waals surface area (Å²) in [5.41, 5.74) is 3.97. The molecule has 0 saturated carbocycles. The fourth-order valence-electron chi connectivity index (χ4n) is 1.43. The second kappa shape index (κ2) is 6.69. The average Bonchev–Trinajstić information content (AvgIpc) is 2.34. The zero-order chi connectivity index (χ0) is 16.0. The van der Waals surface area contributed by atoms with Crippen LogP contribution in [-0.4, -0.2) is 22.5 Å². The number of nitro groups is 1. The SMILES string of the molecule is CC(C)(C)OC(=O)NNC(=O)Cc1cccc([N+](=O)[O-])c1. The summed E-state index contributed by atoms with van der Waals surface area (Å²) in [6.07, 6.45) is -0.882. The number of nitrogens with one attached hydrogen (secondary N) is 2. The average molecular weight is 295 g/mol. The van der Waals surface area contributed by atoms with Crippen molar-refractivity contribution in [2.24, 2.45) is 0 Å². The predicted octanol–water partition coefficient (Wildman–Crippen LogP) is 1.69. The van der Waals surface area contributed by atoms with Crippen molar-refractivity contribution in [1.82, 2.24) is 10.9 Å². The second-order valence-corrected chi connectivity index (χ2v) is 5.28. The van der Waals surface area contributed by atoms with Gasteiger partial charge in [-0.3, -0.25) is 20.3 Å². The van der Waals surface area contributed by atoms with Crippen LogP contribution in [0.3, 0.4) is 0 Å². The van der Waals surface area contributed by atoms with Crippen LogP contribution in [0.2, 0.25) is 0 Å². The normalized spacial score (nSPS) is 10.6. The number of hydrazine groups is 1. The van der Waals surface area contributed by atoms with Gasteiger partial charge in [0.2, 0.25) is 5.91 Å². The first-order valence-electron chi connectivity index (χ1n) is 6.18. The maximum absolute atomic E-state index is 11.6. The van der Waals surface area contributed by atoms with Gasteiger partial charge in [0.05, 0.1) is 11.3 Å². The van der Waals surface area contributed by atoms with Crippen LogP contribution in [0.1, 0.15) is 26.3 Å². The molecule has 114 valence electrons. The van der Waals surface area contributed by atoms with Crippen molar-refractivity contribution >= 4 is 17.7 Å². The smallest absolute Gasteiger partial charge is 0.426 e. The van der Waals surface area contributed by atoms with Crippen LogP contribution in [0.15, 0.2) is 24.3 Å². The molecule has 0 aromatic heterocycles. The Kier molecular flexibility index (Phi) is 5.23. The lowest BCUT2D eigenvalue weighted by Crippen LogP contribution is -2.44. The molecule has 2 N–H and O–H groups in total. The van der Waals surface area contributed by atoms with Crippen molar-refractivity contribution in [3.8, 4) is 0 Å². The van der Waals surface area contributed by atoms with Crippen LogP contribution in [0.5, 0.6) is 0 Å². The van der Waals surface area contributed by atoms with Crippen molar-refractivity contribution < 1.29 is 19.2 Å². The molecule has 21 heavy (non-hydrogen) atoms. The van der Waals surface area contributed by atoms with Gasteiger partial charge in [0.25, 0.3) is 5.69 Å². The monoisotopic (exact) mass is 295 g/mol. The van der Waals surface area contributed by atoms with E-state index in [1.807, 2.05) is 0 Å². The Morgan fingerprint density at radius 1 is 1.29 bits per heavy atom. The van der Waals surface area contributed by atoms with Crippen LogP contribution in [0.25, 0.3) is 0 Å². The number of rotatable bonds is 3. The first kappa shape index (κ1) is 16.4. The molecule has 0 atom stereocenters. The highest BCUT2D eigenvalue weighted by atomic mass is 16.6. The zero-order valence-corrected chi connectivity index (χ0v) is 12.0. The molecule has 0 heterocycles. The molecule has 8 nitrogen and oxygen atoms in total. The summed E-state index contributed by atoms with van der Waals surface area (Å²) in [6, 6.07) is 5.70. The molecule has 0 aliphatic carbocycles. The van der Waals surface area contributed by atoms with Gasteiger partial charge in [-0.1, -0.05) is 12.1 Å². The highest BCUT2D eigenvalue weighted by Gasteiger charge is 2.16. The molecule has 2 amide bonds. The van der Waals surface area contributed by atoms with Gasteiger partial charge in [0.15, 0.2) is 0 Å². The summed E-state index contributed by atoms with van der Waals surface area (Å²) >= 11 is 0. The Morgan fingerprint density at radius 3 is 2.52 bits per heavy atom. The first-order valence-corrected chi connectivity index (χ1v) is 6.18. The molecule has 0 radical (unpaired) electrons.